The lowest BCUT2D eigenvalue weighted by molar-refractivity contribution is -0.386. The fraction of sp³-hybridized carbons (Fsp3) is 0.632. The van der Waals surface area contributed by atoms with E-state index >= 15 is 0 Å². The van der Waals surface area contributed by atoms with Crippen LogP contribution < -0.4 is 14.8 Å². The molecule has 0 radical (unpaired) electrons. The lowest BCUT2D eigenvalue weighted by Gasteiger charge is -2.30. The summed E-state index contributed by atoms with van der Waals surface area (Å²) in [6.07, 6.45) is 3.35. The highest BCUT2D eigenvalue weighted by Gasteiger charge is 2.36. The van der Waals surface area contributed by atoms with Crippen LogP contribution in [-0.4, -0.2) is 62.7 Å². The van der Waals surface area contributed by atoms with Crippen LogP contribution in [0.5, 0.6) is 11.5 Å². The summed E-state index contributed by atoms with van der Waals surface area (Å²) in [5.41, 5.74) is 0.0438. The molecule has 1 aliphatic carbocycles. The van der Waals surface area contributed by atoms with Gasteiger partial charge in [0.2, 0.25) is 12.7 Å². The van der Waals surface area contributed by atoms with Crippen LogP contribution in [-0.2, 0) is 14.3 Å². The molecule has 0 aromatic heterocycles. The molecule has 29 heavy (non-hydrogen) atoms. The van der Waals surface area contributed by atoms with E-state index in [1.54, 1.807) is 11.9 Å². The molecule has 1 heterocycles. The number of fused-ring (bicyclic) bond motifs is 1. The van der Waals surface area contributed by atoms with Crippen LogP contribution in [0.25, 0.3) is 0 Å². The first-order chi connectivity index (χ1) is 13.9. The van der Waals surface area contributed by atoms with Crippen LogP contribution in [0.15, 0.2) is 12.1 Å². The van der Waals surface area contributed by atoms with Gasteiger partial charge in [-0.3, -0.25) is 19.8 Å². The molecule has 1 atom stereocenters. The normalized spacial score (nSPS) is 17.1. The Morgan fingerprint density at radius 2 is 1.90 bits per heavy atom. The van der Waals surface area contributed by atoms with Gasteiger partial charge in [-0.25, -0.2) is 0 Å². The van der Waals surface area contributed by atoms with Crippen molar-refractivity contribution in [1.82, 2.24) is 10.2 Å². The van der Waals surface area contributed by atoms with E-state index in [-0.39, 0.29) is 36.5 Å². The summed E-state index contributed by atoms with van der Waals surface area (Å²) in [5.74, 6) is 0.379. The standard InChI is InChI=1S/C19H27N3O7/c1-21(10-17(26-2)27-3)18(19(23)20-12-6-4-5-7-12)13-8-15-16(29-11-28-15)9-14(13)22(24)25/h8-9,12,17-18H,4-7,10-11H2,1-3H3,(H,20,23)/t18-/m1/s1. The summed E-state index contributed by atoms with van der Waals surface area (Å²) in [6, 6.07) is 1.99. The molecule has 3 rings (SSSR count). The number of carbonyl (C=O) groups excluding carboxylic acids is 1. The Kier molecular flexibility index (Phi) is 6.88. The Labute approximate surface area is 169 Å². The lowest BCUT2D eigenvalue weighted by Crippen LogP contribution is -2.45. The lowest BCUT2D eigenvalue weighted by atomic mass is 10.0. The molecule has 1 aromatic rings. The molecule has 160 valence electrons. The number of hydrogen-bond donors (Lipinski definition) is 1. The predicted molar refractivity (Wildman–Crippen MR) is 103 cm³/mol. The SMILES string of the molecule is COC(CN(C)[C@@H](C(=O)NC1CCCC1)c1cc2c(cc1[N+](=O)[O-])OCO2)OC. The summed E-state index contributed by atoms with van der Waals surface area (Å²) in [7, 11) is 4.70. The molecule has 0 spiro atoms. The van der Waals surface area contributed by atoms with Gasteiger partial charge >= 0.3 is 0 Å². The van der Waals surface area contributed by atoms with E-state index in [2.05, 4.69) is 5.32 Å². The fourth-order valence-corrected chi connectivity index (χ4v) is 3.84. The number of benzene rings is 1. The Morgan fingerprint density at radius 3 is 2.48 bits per heavy atom. The van der Waals surface area contributed by atoms with Crippen molar-refractivity contribution in [2.45, 2.75) is 44.1 Å². The van der Waals surface area contributed by atoms with Crippen LogP contribution >= 0.6 is 0 Å². The molecule has 0 saturated heterocycles. The minimum atomic E-state index is -0.918. The number of hydrogen-bond acceptors (Lipinski definition) is 8. The number of nitrogens with one attached hydrogen (secondary N) is 1. The van der Waals surface area contributed by atoms with Crippen LogP contribution in [0.2, 0.25) is 0 Å². The molecule has 1 amide bonds. The number of ether oxygens (including phenoxy) is 4. The first-order valence-corrected chi connectivity index (χ1v) is 9.58. The van der Waals surface area contributed by atoms with E-state index in [0.29, 0.717) is 11.5 Å². The molecule has 2 aliphatic rings. The third-order valence-corrected chi connectivity index (χ3v) is 5.37. The second-order valence-electron chi connectivity index (χ2n) is 7.25. The molecule has 1 N–H and O–H groups in total. The maximum Gasteiger partial charge on any atom is 0.278 e. The number of likely N-dealkylation sites (N-methyl/N-ethyl adjacent to an activating group) is 1. The average molecular weight is 409 g/mol. The Balaban J connectivity index is 1.97. The highest BCUT2D eigenvalue weighted by molar-refractivity contribution is 5.85. The maximum absolute atomic E-state index is 13.2. The Bertz CT molecular complexity index is 748. The Morgan fingerprint density at radius 1 is 1.28 bits per heavy atom. The fourth-order valence-electron chi connectivity index (χ4n) is 3.84. The molecule has 1 aromatic carbocycles. The van der Waals surface area contributed by atoms with E-state index in [1.807, 2.05) is 0 Å². The van der Waals surface area contributed by atoms with Crippen LogP contribution in [0.3, 0.4) is 0 Å². The van der Waals surface area contributed by atoms with Crippen molar-refractivity contribution >= 4 is 11.6 Å². The van der Waals surface area contributed by atoms with E-state index < -0.39 is 17.3 Å². The second-order valence-corrected chi connectivity index (χ2v) is 7.25. The molecule has 0 bridgehead atoms. The zero-order chi connectivity index (χ0) is 21.0. The van der Waals surface area contributed by atoms with E-state index in [0.717, 1.165) is 25.7 Å². The molecule has 1 aliphatic heterocycles. The van der Waals surface area contributed by atoms with Gasteiger partial charge in [0.05, 0.1) is 23.1 Å². The second kappa shape index (κ2) is 9.38. The molecular weight excluding hydrogens is 382 g/mol. The van der Waals surface area contributed by atoms with Crippen molar-refractivity contribution < 1.29 is 28.7 Å². The first-order valence-electron chi connectivity index (χ1n) is 9.58. The van der Waals surface area contributed by atoms with Gasteiger partial charge in [-0.1, -0.05) is 12.8 Å². The highest BCUT2D eigenvalue weighted by Crippen LogP contribution is 2.41. The topological polar surface area (TPSA) is 112 Å². The number of nitro benzene ring substituents is 1. The molecule has 1 saturated carbocycles. The molecule has 10 heteroatoms. The van der Waals surface area contributed by atoms with E-state index in [4.69, 9.17) is 18.9 Å². The zero-order valence-corrected chi connectivity index (χ0v) is 16.9. The third-order valence-electron chi connectivity index (χ3n) is 5.37. The number of rotatable bonds is 9. The number of carbonyl (C=O) groups is 1. The van der Waals surface area contributed by atoms with Gasteiger partial charge in [0.25, 0.3) is 5.69 Å². The van der Waals surface area contributed by atoms with Gasteiger partial charge in [0.15, 0.2) is 17.8 Å². The van der Waals surface area contributed by atoms with E-state index in [1.165, 1.54) is 26.4 Å². The molecule has 0 unspecified atom stereocenters. The van der Waals surface area contributed by atoms with Gasteiger partial charge in [0.1, 0.15) is 6.04 Å². The number of nitrogens with zero attached hydrogens (tertiary/aromatic N) is 2. The summed E-state index contributed by atoms with van der Waals surface area (Å²) in [5, 5.41) is 14.8. The minimum Gasteiger partial charge on any atom is -0.454 e. The zero-order valence-electron chi connectivity index (χ0n) is 16.9. The van der Waals surface area contributed by atoms with Gasteiger partial charge in [-0.05, 0) is 26.0 Å². The first kappa shape index (κ1) is 21.3. The number of methoxy groups -OCH3 is 2. The monoisotopic (exact) mass is 409 g/mol. The molecular formula is C19H27N3O7. The molecule has 1 fully saturated rings. The number of amides is 1. The van der Waals surface area contributed by atoms with Crippen molar-refractivity contribution in [2.75, 3.05) is 34.6 Å². The quantitative estimate of drug-likeness (QED) is 0.374. The third kappa shape index (κ3) is 4.77. The van der Waals surface area contributed by atoms with Crippen LogP contribution in [0, 0.1) is 10.1 Å². The van der Waals surface area contributed by atoms with Gasteiger partial charge in [-0.2, -0.15) is 0 Å². The summed E-state index contributed by atoms with van der Waals surface area (Å²) < 4.78 is 21.2. The van der Waals surface area contributed by atoms with Crippen molar-refractivity contribution in [3.8, 4) is 11.5 Å². The van der Waals surface area contributed by atoms with Crippen molar-refractivity contribution in [2.24, 2.45) is 0 Å². The summed E-state index contributed by atoms with van der Waals surface area (Å²) >= 11 is 0. The Hall–Kier alpha value is -2.43. The minimum absolute atomic E-state index is 0.0137. The van der Waals surface area contributed by atoms with Gasteiger partial charge in [0, 0.05) is 20.3 Å². The molecule has 10 nitrogen and oxygen atoms in total. The van der Waals surface area contributed by atoms with Crippen molar-refractivity contribution in [3.05, 3.63) is 27.8 Å². The van der Waals surface area contributed by atoms with Gasteiger partial charge < -0.3 is 24.3 Å². The highest BCUT2D eigenvalue weighted by atomic mass is 16.7. The van der Waals surface area contributed by atoms with Crippen LogP contribution in [0.1, 0.15) is 37.3 Å². The summed E-state index contributed by atoms with van der Waals surface area (Å²) in [4.78, 5) is 26.2. The number of nitro groups is 1. The average Bonchev–Trinajstić information content (AvgIpc) is 3.36. The predicted octanol–water partition coefficient (Wildman–Crippen LogP) is 1.97. The smallest absolute Gasteiger partial charge is 0.278 e. The summed E-state index contributed by atoms with van der Waals surface area (Å²) in [6.45, 7) is 0.224. The largest absolute Gasteiger partial charge is 0.454 e. The van der Waals surface area contributed by atoms with E-state index in [9.17, 15) is 14.9 Å². The van der Waals surface area contributed by atoms with Crippen molar-refractivity contribution in [3.63, 3.8) is 0 Å². The van der Waals surface area contributed by atoms with Crippen molar-refractivity contribution in [1.29, 1.82) is 0 Å². The van der Waals surface area contributed by atoms with Gasteiger partial charge in [-0.15, -0.1) is 0 Å². The van der Waals surface area contributed by atoms with Crippen LogP contribution in [0.4, 0.5) is 5.69 Å². The maximum atomic E-state index is 13.2.